The third-order valence-corrected chi connectivity index (χ3v) is 7.89. The van der Waals surface area contributed by atoms with Gasteiger partial charge in [-0.15, -0.1) is 0 Å². The van der Waals surface area contributed by atoms with Crippen LogP contribution >= 0.6 is 0 Å². The molecule has 0 bridgehead atoms. The summed E-state index contributed by atoms with van der Waals surface area (Å²) >= 11 is 0. The van der Waals surface area contributed by atoms with Gasteiger partial charge in [0.05, 0.1) is 29.6 Å². The number of hydrogen-bond acceptors (Lipinski definition) is 7. The Morgan fingerprint density at radius 3 is 2.59 bits per heavy atom. The van der Waals surface area contributed by atoms with Gasteiger partial charge in [-0.1, -0.05) is 0 Å². The number of H-pyrrole nitrogens is 1. The topological polar surface area (TPSA) is 158 Å². The molecule has 2 N–H and O–H groups in total. The molecular weight excluding hydrogens is 479 g/mol. The molecule has 180 valence electrons. The molecule has 0 unspecified atom stereocenters. The molecule has 3 aromatic heterocycles. The van der Waals surface area contributed by atoms with E-state index in [1.165, 1.54) is 10.6 Å². The minimum Gasteiger partial charge on any atom is -0.475 e. The predicted octanol–water partition coefficient (Wildman–Crippen LogP) is 1.87. The fourth-order valence-corrected chi connectivity index (χ4v) is 5.65. The summed E-state index contributed by atoms with van der Waals surface area (Å²) < 4.78 is 59.8. The number of aromatic nitrogens is 5. The van der Waals surface area contributed by atoms with Crippen molar-refractivity contribution in [2.45, 2.75) is 36.2 Å². The van der Waals surface area contributed by atoms with Crippen LogP contribution in [0, 0.1) is 11.3 Å². The largest absolute Gasteiger partial charge is 0.490 e. The second-order valence-electron chi connectivity index (χ2n) is 8.01. The normalized spacial score (nSPS) is 17.9. The van der Waals surface area contributed by atoms with Crippen molar-refractivity contribution in [2.24, 2.45) is 0 Å². The van der Waals surface area contributed by atoms with Crippen LogP contribution in [0.15, 0.2) is 31.0 Å². The highest BCUT2D eigenvalue weighted by Crippen LogP contribution is 2.40. The summed E-state index contributed by atoms with van der Waals surface area (Å²) in [5.74, 6) is -2.76. The van der Waals surface area contributed by atoms with Gasteiger partial charge in [-0.3, -0.25) is 4.68 Å². The summed E-state index contributed by atoms with van der Waals surface area (Å²) in [6.07, 6.45) is 3.42. The van der Waals surface area contributed by atoms with E-state index in [2.05, 4.69) is 26.1 Å². The fourth-order valence-electron chi connectivity index (χ4n) is 3.66. The van der Waals surface area contributed by atoms with E-state index in [1.54, 1.807) is 17.1 Å². The van der Waals surface area contributed by atoms with Crippen molar-refractivity contribution in [2.75, 3.05) is 13.1 Å². The zero-order valence-corrected chi connectivity index (χ0v) is 18.2. The van der Waals surface area contributed by atoms with Crippen LogP contribution in [0.1, 0.15) is 19.3 Å². The summed E-state index contributed by atoms with van der Waals surface area (Å²) in [7, 11) is -3.23. The number of halogens is 3. The Hall–Kier alpha value is -3.51. The highest BCUT2D eigenvalue weighted by molar-refractivity contribution is 7.90. The molecule has 1 aliphatic heterocycles. The molecule has 0 spiro atoms. The minimum absolute atomic E-state index is 0.203. The standard InChI is InChI=1S/C17H17N7O2S.C2HF3O2/c18-5-4-17(9-23(10-17)27(25,26)13-1-2-13)24-8-12(7-22-24)15-14-3-6-19-16(14)21-11-20-15;3-2(4,5)1(6)7/h3,6-8,11,13H,1-2,4,9-10H2,(H,19,20,21);(H,6,7). The van der Waals surface area contributed by atoms with Crippen LogP contribution in [0.4, 0.5) is 13.2 Å². The average molecular weight is 497 g/mol. The van der Waals surface area contributed by atoms with Crippen LogP contribution in [0.3, 0.4) is 0 Å². The van der Waals surface area contributed by atoms with Gasteiger partial charge in [0, 0.05) is 36.4 Å². The molecular formula is C19H18F3N7O4S. The quantitative estimate of drug-likeness (QED) is 0.541. The molecule has 5 rings (SSSR count). The van der Waals surface area contributed by atoms with E-state index in [1.807, 2.05) is 12.3 Å². The van der Waals surface area contributed by atoms with Crippen molar-refractivity contribution in [1.29, 1.82) is 5.26 Å². The molecule has 0 radical (unpaired) electrons. The first-order chi connectivity index (χ1) is 16.0. The number of nitrogens with one attached hydrogen (secondary N) is 1. The second kappa shape index (κ2) is 8.37. The number of nitriles is 1. The summed E-state index contributed by atoms with van der Waals surface area (Å²) in [5, 5.41) is 21.5. The molecule has 0 aromatic carbocycles. The maximum Gasteiger partial charge on any atom is 0.490 e. The van der Waals surface area contributed by atoms with E-state index in [0.29, 0.717) is 0 Å². The van der Waals surface area contributed by atoms with Gasteiger partial charge >= 0.3 is 12.1 Å². The van der Waals surface area contributed by atoms with Gasteiger partial charge in [0.1, 0.15) is 17.5 Å². The Kier molecular flexibility index (Phi) is 5.82. The lowest BCUT2D eigenvalue weighted by atomic mass is 9.89. The number of carboxylic acids is 1. The molecule has 2 aliphatic rings. The van der Waals surface area contributed by atoms with E-state index in [0.717, 1.165) is 35.1 Å². The number of alkyl halides is 3. The third-order valence-electron chi connectivity index (χ3n) is 5.59. The van der Waals surface area contributed by atoms with Gasteiger partial charge in [-0.05, 0) is 18.9 Å². The summed E-state index contributed by atoms with van der Waals surface area (Å²) in [6, 6.07) is 4.09. The van der Waals surface area contributed by atoms with E-state index in [9.17, 15) is 26.9 Å². The first-order valence-electron chi connectivity index (χ1n) is 9.97. The third kappa shape index (κ3) is 4.33. The molecule has 1 saturated heterocycles. The smallest absolute Gasteiger partial charge is 0.475 e. The molecule has 34 heavy (non-hydrogen) atoms. The molecule has 11 nitrogen and oxygen atoms in total. The minimum atomic E-state index is -5.08. The van der Waals surface area contributed by atoms with E-state index in [4.69, 9.17) is 9.90 Å². The zero-order valence-electron chi connectivity index (χ0n) is 17.4. The van der Waals surface area contributed by atoms with Crippen molar-refractivity contribution in [3.63, 3.8) is 0 Å². The number of carbonyl (C=O) groups is 1. The highest BCUT2D eigenvalue weighted by Gasteiger charge is 2.53. The Morgan fingerprint density at radius 1 is 1.32 bits per heavy atom. The van der Waals surface area contributed by atoms with Crippen molar-refractivity contribution in [3.05, 3.63) is 31.0 Å². The number of sulfonamides is 1. The maximum absolute atomic E-state index is 12.4. The lowest BCUT2D eigenvalue weighted by molar-refractivity contribution is -0.192. The SMILES string of the molecule is N#CCC1(n2cc(-c3ncnc4[nH]ccc34)cn2)CN(S(=O)(=O)C2CC2)C1.O=C(O)C(F)(F)F. The Bertz CT molecular complexity index is 1370. The first kappa shape index (κ1) is 23.6. The van der Waals surface area contributed by atoms with Gasteiger partial charge in [-0.25, -0.2) is 23.2 Å². The number of rotatable bonds is 5. The molecule has 2 fully saturated rings. The Balaban J connectivity index is 0.000000344. The Morgan fingerprint density at radius 2 is 2.00 bits per heavy atom. The molecule has 1 aliphatic carbocycles. The fraction of sp³-hybridized carbons (Fsp3) is 0.421. The van der Waals surface area contributed by atoms with Crippen LogP contribution in [0.2, 0.25) is 0 Å². The van der Waals surface area contributed by atoms with Gasteiger partial charge < -0.3 is 10.1 Å². The van der Waals surface area contributed by atoms with Crippen molar-refractivity contribution >= 4 is 27.0 Å². The van der Waals surface area contributed by atoms with Gasteiger partial charge in [0.25, 0.3) is 0 Å². The summed E-state index contributed by atoms with van der Waals surface area (Å²) in [4.78, 5) is 20.5. The van der Waals surface area contributed by atoms with Gasteiger partial charge in [0.2, 0.25) is 10.0 Å². The number of nitrogens with zero attached hydrogens (tertiary/aromatic N) is 6. The number of aliphatic carboxylic acids is 1. The molecule has 1 saturated carbocycles. The predicted molar refractivity (Wildman–Crippen MR) is 111 cm³/mol. The molecule has 0 amide bonds. The summed E-state index contributed by atoms with van der Waals surface area (Å²) in [6.45, 7) is 0.563. The Labute approximate surface area is 190 Å². The summed E-state index contributed by atoms with van der Waals surface area (Å²) in [5.41, 5.74) is 1.67. The lowest BCUT2D eigenvalue weighted by Crippen LogP contribution is -2.64. The molecule has 15 heteroatoms. The highest BCUT2D eigenvalue weighted by atomic mass is 32.2. The van der Waals surface area contributed by atoms with Gasteiger partial charge in [0.15, 0.2) is 0 Å². The number of fused-ring (bicyclic) bond motifs is 1. The van der Waals surface area contributed by atoms with E-state index < -0.39 is 27.7 Å². The van der Waals surface area contributed by atoms with E-state index >= 15 is 0 Å². The van der Waals surface area contributed by atoms with Gasteiger partial charge in [-0.2, -0.15) is 27.8 Å². The van der Waals surface area contributed by atoms with Crippen LogP contribution in [-0.2, 0) is 20.4 Å². The van der Waals surface area contributed by atoms with Crippen LogP contribution < -0.4 is 0 Å². The van der Waals surface area contributed by atoms with Crippen LogP contribution in [0.5, 0.6) is 0 Å². The molecule has 3 aromatic rings. The van der Waals surface area contributed by atoms with Crippen LogP contribution in [-0.4, -0.2) is 73.0 Å². The molecule has 4 heterocycles. The second-order valence-corrected chi connectivity index (χ2v) is 10.2. The first-order valence-corrected chi connectivity index (χ1v) is 11.5. The number of carboxylic acid groups (broad SMARTS) is 1. The lowest BCUT2D eigenvalue weighted by Gasteiger charge is -2.48. The maximum atomic E-state index is 12.4. The number of aromatic amines is 1. The van der Waals surface area contributed by atoms with E-state index in [-0.39, 0.29) is 24.8 Å². The number of hydrogen-bond donors (Lipinski definition) is 2. The monoisotopic (exact) mass is 497 g/mol. The zero-order chi connectivity index (χ0) is 24.7. The molecule has 0 atom stereocenters. The van der Waals surface area contributed by atoms with Crippen molar-refractivity contribution in [3.8, 4) is 17.3 Å². The van der Waals surface area contributed by atoms with Crippen molar-refractivity contribution in [1.82, 2.24) is 29.0 Å². The van der Waals surface area contributed by atoms with Crippen molar-refractivity contribution < 1.29 is 31.5 Å². The van der Waals surface area contributed by atoms with Crippen LogP contribution in [0.25, 0.3) is 22.3 Å². The average Bonchev–Trinajstić information content (AvgIpc) is 3.30.